The Morgan fingerprint density at radius 3 is 2.59 bits per heavy atom. The van der Waals surface area contributed by atoms with Crippen LogP contribution in [0.25, 0.3) is 0 Å². The summed E-state index contributed by atoms with van der Waals surface area (Å²) in [6, 6.07) is 11.1. The number of rotatable bonds is 6. The van der Waals surface area contributed by atoms with Crippen LogP contribution in [0.2, 0.25) is 0 Å². The molecule has 2 unspecified atom stereocenters. The molecular weight excluding hydrogens is 426 g/mol. The van der Waals surface area contributed by atoms with E-state index in [0.29, 0.717) is 30.0 Å². The molecule has 1 saturated heterocycles. The van der Waals surface area contributed by atoms with Gasteiger partial charge in [0.05, 0.1) is 0 Å². The van der Waals surface area contributed by atoms with Crippen molar-refractivity contribution in [3.63, 3.8) is 0 Å². The molecule has 4 rings (SSSR count). The number of likely N-dealkylation sites (N-methyl/N-ethyl adjacent to an activating group) is 2. The van der Waals surface area contributed by atoms with Crippen LogP contribution >= 0.6 is 11.8 Å². The zero-order chi connectivity index (χ0) is 22.8. The molecule has 32 heavy (non-hydrogen) atoms. The lowest BCUT2D eigenvalue weighted by atomic mass is 10.1. The van der Waals surface area contributed by atoms with Crippen LogP contribution in [0.1, 0.15) is 11.3 Å². The Morgan fingerprint density at radius 1 is 1.12 bits per heavy atom. The van der Waals surface area contributed by atoms with Crippen molar-refractivity contribution in [2.45, 2.75) is 30.8 Å². The normalized spacial score (nSPS) is 20.5. The van der Waals surface area contributed by atoms with Gasteiger partial charge in [0.15, 0.2) is 23.3 Å². The molecule has 1 aromatic heterocycles. The zero-order valence-electron chi connectivity index (χ0n) is 18.7. The number of nitrogens with zero attached hydrogens (tertiary/aromatic N) is 7. The van der Waals surface area contributed by atoms with Crippen LogP contribution in [0.3, 0.4) is 0 Å². The highest BCUT2D eigenvalue weighted by atomic mass is 32.2. The van der Waals surface area contributed by atoms with Gasteiger partial charge in [0.1, 0.15) is 0 Å². The lowest BCUT2D eigenvalue weighted by molar-refractivity contribution is -0.136. The molecule has 0 bridgehead atoms. The van der Waals surface area contributed by atoms with Gasteiger partial charge < -0.3 is 14.7 Å². The summed E-state index contributed by atoms with van der Waals surface area (Å²) in [5.41, 5.74) is 2.06. The number of hydrogen-bond donors (Lipinski definition) is 0. The number of aliphatic imine (C=N–C) groups is 1. The Balaban J connectivity index is 1.56. The number of hydrogen-bond acceptors (Lipinski definition) is 8. The van der Waals surface area contributed by atoms with Gasteiger partial charge in [-0.25, -0.2) is 19.8 Å². The summed E-state index contributed by atoms with van der Waals surface area (Å²) < 4.78 is 0. The Morgan fingerprint density at radius 2 is 1.88 bits per heavy atom. The Bertz CT molecular complexity index is 1030. The van der Waals surface area contributed by atoms with E-state index in [2.05, 4.69) is 22.1 Å². The molecule has 0 spiro atoms. The topological polar surface area (TPSA) is 85.2 Å². The van der Waals surface area contributed by atoms with E-state index in [4.69, 9.17) is 4.99 Å². The van der Waals surface area contributed by atoms with E-state index in [1.54, 1.807) is 18.1 Å². The summed E-state index contributed by atoms with van der Waals surface area (Å²) in [6.07, 6.45) is 1.21. The largest absolute Gasteiger partial charge is 0.341 e. The maximum Gasteiger partial charge on any atom is 0.328 e. The quantitative estimate of drug-likeness (QED) is 0.488. The number of carbonyl (C=O) groups is 2. The minimum atomic E-state index is -0.546. The van der Waals surface area contributed by atoms with Crippen molar-refractivity contribution in [2.75, 3.05) is 33.4 Å². The molecule has 1 aromatic carbocycles. The van der Waals surface area contributed by atoms with Gasteiger partial charge in [-0.2, -0.15) is 0 Å². The number of carbonyl (C=O) groups excluding carboxylic acids is 2. The van der Waals surface area contributed by atoms with Gasteiger partial charge >= 0.3 is 6.03 Å². The average molecular weight is 454 g/mol. The van der Waals surface area contributed by atoms with E-state index in [1.165, 1.54) is 23.7 Å². The van der Waals surface area contributed by atoms with Gasteiger partial charge in [-0.05, 0) is 18.6 Å². The van der Waals surface area contributed by atoms with Gasteiger partial charge in [-0.3, -0.25) is 9.69 Å². The fourth-order valence-electron chi connectivity index (χ4n) is 3.97. The summed E-state index contributed by atoms with van der Waals surface area (Å²) >= 11 is 1.54. The van der Waals surface area contributed by atoms with Crippen LogP contribution in [0.4, 0.5) is 4.79 Å². The summed E-state index contributed by atoms with van der Waals surface area (Å²) in [5, 5.41) is 0.705. The highest BCUT2D eigenvalue weighted by Crippen LogP contribution is 2.29. The molecule has 0 saturated carbocycles. The van der Waals surface area contributed by atoms with Crippen molar-refractivity contribution < 1.29 is 9.59 Å². The predicted molar refractivity (Wildman–Crippen MR) is 123 cm³/mol. The predicted octanol–water partition coefficient (Wildman–Crippen LogP) is 1.90. The molecule has 2 aliphatic heterocycles. The molecule has 2 aliphatic rings. The molecule has 0 N–H and O–H groups in total. The average Bonchev–Trinajstić information content (AvgIpc) is 3.17. The van der Waals surface area contributed by atoms with Crippen LogP contribution in [0.15, 0.2) is 52.7 Å². The number of urea groups is 1. The van der Waals surface area contributed by atoms with Gasteiger partial charge in [0.2, 0.25) is 0 Å². The first-order chi connectivity index (χ1) is 15.4. The number of imide groups is 1. The third kappa shape index (κ3) is 4.27. The van der Waals surface area contributed by atoms with Gasteiger partial charge in [-0.15, -0.1) is 0 Å². The minimum Gasteiger partial charge on any atom is -0.341 e. The van der Waals surface area contributed by atoms with Crippen LogP contribution in [0, 0.1) is 6.92 Å². The highest BCUT2D eigenvalue weighted by molar-refractivity contribution is 7.99. The van der Waals surface area contributed by atoms with Crippen molar-refractivity contribution in [2.24, 2.45) is 4.99 Å². The van der Waals surface area contributed by atoms with E-state index in [1.807, 2.05) is 48.0 Å². The molecule has 3 heterocycles. The molecule has 3 amide bonds. The molecule has 0 radical (unpaired) electrons. The maximum atomic E-state index is 13.1. The molecule has 10 heteroatoms. The number of aromatic nitrogens is 2. The third-order valence-electron chi connectivity index (χ3n) is 5.63. The van der Waals surface area contributed by atoms with Crippen molar-refractivity contribution in [3.05, 3.63) is 53.9 Å². The van der Waals surface area contributed by atoms with E-state index in [9.17, 15) is 9.59 Å². The molecule has 0 aliphatic carbocycles. The molecule has 168 valence electrons. The smallest absolute Gasteiger partial charge is 0.328 e. The number of aryl methyl sites for hydroxylation is 1. The van der Waals surface area contributed by atoms with Crippen molar-refractivity contribution in [1.29, 1.82) is 0 Å². The Hall–Kier alpha value is -3.14. The minimum absolute atomic E-state index is 0.234. The lowest BCUT2D eigenvalue weighted by Crippen LogP contribution is -2.64. The van der Waals surface area contributed by atoms with Crippen LogP contribution in [-0.2, 0) is 11.3 Å². The molecule has 1 fully saturated rings. The summed E-state index contributed by atoms with van der Waals surface area (Å²) in [6.45, 7) is 3.15. The van der Waals surface area contributed by atoms with Crippen molar-refractivity contribution in [3.8, 4) is 0 Å². The standard InChI is InChI=1S/C22H27N7O2S/c1-15-10-11-23-20(24-15)32-13-12-29-17-18(27(3)22(31)28(4)19(17)30)25-21(29)26(2)14-16-8-6-5-7-9-16/h5-11,17-18H,12-14H2,1-4H3. The van der Waals surface area contributed by atoms with Crippen LogP contribution < -0.4 is 0 Å². The van der Waals surface area contributed by atoms with E-state index < -0.39 is 12.2 Å². The second-order valence-corrected chi connectivity index (χ2v) is 9.00. The fraction of sp³-hybridized carbons (Fsp3) is 0.409. The maximum absolute atomic E-state index is 13.1. The van der Waals surface area contributed by atoms with E-state index >= 15 is 0 Å². The van der Waals surface area contributed by atoms with Crippen LogP contribution in [-0.4, -0.2) is 93.1 Å². The number of guanidine groups is 1. The molecule has 2 atom stereocenters. The Labute approximate surface area is 192 Å². The lowest BCUT2D eigenvalue weighted by Gasteiger charge is -2.40. The molecule has 9 nitrogen and oxygen atoms in total. The highest BCUT2D eigenvalue weighted by Gasteiger charge is 2.51. The SMILES string of the molecule is Cc1ccnc(SCCN2C(N(C)Cc3ccccc3)=NC3C2C(=O)N(C)C(=O)N3C)n1. The molecule has 2 aromatic rings. The van der Waals surface area contributed by atoms with Gasteiger partial charge in [0, 0.05) is 51.9 Å². The number of benzene rings is 1. The number of amides is 3. The second kappa shape index (κ2) is 9.15. The summed E-state index contributed by atoms with van der Waals surface area (Å²) in [5.74, 6) is 1.15. The molecular formula is C22H27N7O2S. The fourth-order valence-corrected chi connectivity index (χ4v) is 4.78. The first kappa shape index (κ1) is 22.1. The first-order valence-electron chi connectivity index (χ1n) is 10.4. The van der Waals surface area contributed by atoms with E-state index in [-0.39, 0.29) is 11.9 Å². The number of fused-ring (bicyclic) bond motifs is 1. The third-order valence-corrected chi connectivity index (χ3v) is 6.47. The van der Waals surface area contributed by atoms with Crippen LogP contribution in [0.5, 0.6) is 0 Å². The zero-order valence-corrected chi connectivity index (χ0v) is 19.5. The first-order valence-corrected chi connectivity index (χ1v) is 11.4. The number of thioether (sulfide) groups is 1. The summed E-state index contributed by atoms with van der Waals surface area (Å²) in [4.78, 5) is 45.9. The summed E-state index contributed by atoms with van der Waals surface area (Å²) in [7, 11) is 5.18. The van der Waals surface area contributed by atoms with Gasteiger partial charge in [-0.1, -0.05) is 42.1 Å². The van der Waals surface area contributed by atoms with Crippen molar-refractivity contribution in [1.82, 2.24) is 29.6 Å². The van der Waals surface area contributed by atoms with Gasteiger partial charge in [0.25, 0.3) is 5.91 Å². The van der Waals surface area contributed by atoms with Crippen molar-refractivity contribution >= 4 is 29.7 Å². The monoisotopic (exact) mass is 453 g/mol. The Kier molecular flexibility index (Phi) is 6.31. The van der Waals surface area contributed by atoms with E-state index in [0.717, 1.165) is 11.3 Å². The second-order valence-electron chi connectivity index (χ2n) is 7.94.